The summed E-state index contributed by atoms with van der Waals surface area (Å²) in [7, 11) is 0. The van der Waals surface area contributed by atoms with E-state index in [9.17, 15) is 0 Å². The Hall–Kier alpha value is -1.27. The second kappa shape index (κ2) is 6.46. The minimum Gasteiger partial charge on any atom is -0.310 e. The molecule has 6 heteroatoms. The highest BCUT2D eigenvalue weighted by molar-refractivity contribution is 7.07. The maximum Gasteiger partial charge on any atom is 0.165 e. The lowest BCUT2D eigenvalue weighted by Crippen LogP contribution is -2.18. The fourth-order valence-electron chi connectivity index (χ4n) is 1.57. The van der Waals surface area contributed by atoms with E-state index in [1.54, 1.807) is 11.3 Å². The molecule has 0 spiro atoms. The van der Waals surface area contributed by atoms with Gasteiger partial charge in [-0.15, -0.1) is 5.10 Å². The first kappa shape index (κ1) is 12.2. The van der Waals surface area contributed by atoms with E-state index in [0.29, 0.717) is 0 Å². The average Bonchev–Trinajstić information content (AvgIpc) is 2.97. The predicted molar refractivity (Wildman–Crippen MR) is 67.8 cm³/mol. The maximum absolute atomic E-state index is 4.03. The molecule has 0 aliphatic rings. The molecule has 0 saturated heterocycles. The monoisotopic (exact) mass is 251 g/mol. The third kappa shape index (κ3) is 3.61. The van der Waals surface area contributed by atoms with Crippen LogP contribution in [0.2, 0.25) is 0 Å². The summed E-state index contributed by atoms with van der Waals surface area (Å²) in [5.74, 6) is 0.911. The van der Waals surface area contributed by atoms with Crippen LogP contribution in [0, 0.1) is 0 Å². The zero-order valence-electron chi connectivity index (χ0n) is 9.96. The number of hydrogen-bond acceptors (Lipinski definition) is 5. The van der Waals surface area contributed by atoms with Gasteiger partial charge >= 0.3 is 0 Å². The van der Waals surface area contributed by atoms with Crippen molar-refractivity contribution in [2.45, 2.75) is 32.9 Å². The Kier molecular flexibility index (Phi) is 4.63. The molecule has 0 aliphatic heterocycles. The lowest BCUT2D eigenvalue weighted by atomic mass is 10.2. The van der Waals surface area contributed by atoms with Crippen molar-refractivity contribution in [2.75, 3.05) is 6.54 Å². The predicted octanol–water partition coefficient (Wildman–Crippen LogP) is 1.48. The number of nitrogens with one attached hydrogen (secondary N) is 1. The van der Waals surface area contributed by atoms with Gasteiger partial charge in [-0.3, -0.25) is 0 Å². The second-order valence-corrected chi connectivity index (χ2v) is 4.66. The smallest absolute Gasteiger partial charge is 0.165 e. The molecule has 0 atom stereocenters. The van der Waals surface area contributed by atoms with Gasteiger partial charge in [0.2, 0.25) is 0 Å². The van der Waals surface area contributed by atoms with Crippen molar-refractivity contribution in [1.29, 1.82) is 0 Å². The molecule has 2 aromatic heterocycles. The van der Waals surface area contributed by atoms with Gasteiger partial charge in [0.25, 0.3) is 0 Å². The minimum atomic E-state index is 0.741. The Bertz CT molecular complexity index is 423. The average molecular weight is 251 g/mol. The Morgan fingerprint density at radius 3 is 3.18 bits per heavy atom. The molecule has 17 heavy (non-hydrogen) atoms. The molecule has 0 amide bonds. The quantitative estimate of drug-likeness (QED) is 0.757. The minimum absolute atomic E-state index is 0.741. The number of rotatable bonds is 7. The van der Waals surface area contributed by atoms with Gasteiger partial charge in [-0.25, -0.2) is 4.68 Å². The summed E-state index contributed by atoms with van der Waals surface area (Å²) in [5, 5.41) is 19.3. The molecule has 0 aromatic carbocycles. The Morgan fingerprint density at radius 2 is 2.41 bits per heavy atom. The van der Waals surface area contributed by atoms with Gasteiger partial charge in [0.15, 0.2) is 5.82 Å². The van der Waals surface area contributed by atoms with Crippen LogP contribution >= 0.6 is 11.3 Å². The molecule has 0 unspecified atom stereocenters. The van der Waals surface area contributed by atoms with Crippen LogP contribution < -0.4 is 5.32 Å². The van der Waals surface area contributed by atoms with E-state index >= 15 is 0 Å². The Labute approximate surface area is 105 Å². The van der Waals surface area contributed by atoms with Crippen molar-refractivity contribution in [2.24, 2.45) is 0 Å². The van der Waals surface area contributed by atoms with Crippen LogP contribution in [0.1, 0.15) is 24.7 Å². The molecule has 2 rings (SSSR count). The summed E-state index contributed by atoms with van der Waals surface area (Å²) in [6, 6.07) is 2.14. The molecule has 0 aliphatic carbocycles. The summed E-state index contributed by atoms with van der Waals surface area (Å²) in [6.07, 6.45) is 2.10. The number of thiophene rings is 1. The Balaban J connectivity index is 1.85. The van der Waals surface area contributed by atoms with Crippen LogP contribution in [-0.2, 0) is 19.5 Å². The standard InChI is InChI=1S/C11H17N5S/c1-2-5-12-8-11-13-14-15-16(11)6-3-10-4-7-17-9-10/h4,7,9,12H,2-3,5-6,8H2,1H3. The third-order valence-electron chi connectivity index (χ3n) is 2.51. The number of tetrazole rings is 1. The van der Waals surface area contributed by atoms with E-state index in [4.69, 9.17) is 0 Å². The molecule has 2 aromatic rings. The van der Waals surface area contributed by atoms with Crippen molar-refractivity contribution < 1.29 is 0 Å². The van der Waals surface area contributed by atoms with Gasteiger partial charge in [-0.2, -0.15) is 11.3 Å². The summed E-state index contributed by atoms with van der Waals surface area (Å²) in [5.41, 5.74) is 1.35. The number of aromatic nitrogens is 4. The van der Waals surface area contributed by atoms with Gasteiger partial charge < -0.3 is 5.32 Å². The van der Waals surface area contributed by atoms with Gasteiger partial charge in [-0.1, -0.05) is 6.92 Å². The SMILES string of the molecule is CCCNCc1nnnn1CCc1ccsc1. The highest BCUT2D eigenvalue weighted by Gasteiger charge is 2.05. The van der Waals surface area contributed by atoms with Crippen molar-refractivity contribution in [3.8, 4) is 0 Å². The van der Waals surface area contributed by atoms with E-state index in [0.717, 1.165) is 38.3 Å². The first-order chi connectivity index (χ1) is 8.40. The maximum atomic E-state index is 4.03. The van der Waals surface area contributed by atoms with Crippen LogP contribution in [0.4, 0.5) is 0 Å². The fourth-order valence-corrected chi connectivity index (χ4v) is 2.27. The second-order valence-electron chi connectivity index (χ2n) is 3.88. The summed E-state index contributed by atoms with van der Waals surface area (Å²) < 4.78 is 1.88. The van der Waals surface area contributed by atoms with Gasteiger partial charge in [-0.05, 0) is 52.2 Å². The normalized spacial score (nSPS) is 10.9. The summed E-state index contributed by atoms with van der Waals surface area (Å²) in [6.45, 7) is 4.72. The van der Waals surface area contributed by atoms with E-state index in [2.05, 4.69) is 44.6 Å². The van der Waals surface area contributed by atoms with Crippen LogP contribution in [0.5, 0.6) is 0 Å². The lowest BCUT2D eigenvalue weighted by molar-refractivity contribution is 0.541. The molecule has 1 N–H and O–H groups in total. The molecule has 0 bridgehead atoms. The molecule has 0 saturated carbocycles. The fraction of sp³-hybridized carbons (Fsp3) is 0.545. The van der Waals surface area contributed by atoms with E-state index in [1.807, 2.05) is 4.68 Å². The topological polar surface area (TPSA) is 55.6 Å². The van der Waals surface area contributed by atoms with Crippen LogP contribution in [0.25, 0.3) is 0 Å². The molecular formula is C11H17N5S. The molecular weight excluding hydrogens is 234 g/mol. The van der Waals surface area contributed by atoms with Crippen LogP contribution in [0.3, 0.4) is 0 Å². The summed E-state index contributed by atoms with van der Waals surface area (Å²) >= 11 is 1.72. The van der Waals surface area contributed by atoms with Crippen LogP contribution in [0.15, 0.2) is 16.8 Å². The molecule has 5 nitrogen and oxygen atoms in total. The number of nitrogens with zero attached hydrogens (tertiary/aromatic N) is 4. The summed E-state index contributed by atoms with van der Waals surface area (Å²) in [4.78, 5) is 0. The van der Waals surface area contributed by atoms with E-state index < -0.39 is 0 Å². The van der Waals surface area contributed by atoms with E-state index in [-0.39, 0.29) is 0 Å². The van der Waals surface area contributed by atoms with Gasteiger partial charge in [0.1, 0.15) is 0 Å². The molecule has 2 heterocycles. The van der Waals surface area contributed by atoms with Gasteiger partial charge in [0, 0.05) is 6.54 Å². The highest BCUT2D eigenvalue weighted by atomic mass is 32.1. The molecule has 92 valence electrons. The first-order valence-electron chi connectivity index (χ1n) is 5.87. The van der Waals surface area contributed by atoms with Crippen LogP contribution in [-0.4, -0.2) is 26.8 Å². The van der Waals surface area contributed by atoms with Crippen molar-refractivity contribution in [3.63, 3.8) is 0 Å². The largest absolute Gasteiger partial charge is 0.310 e. The van der Waals surface area contributed by atoms with Crippen molar-refractivity contribution in [3.05, 3.63) is 28.2 Å². The van der Waals surface area contributed by atoms with Crippen molar-refractivity contribution >= 4 is 11.3 Å². The van der Waals surface area contributed by atoms with E-state index in [1.165, 1.54) is 5.56 Å². The molecule has 0 radical (unpaired) electrons. The highest BCUT2D eigenvalue weighted by Crippen LogP contribution is 2.07. The first-order valence-corrected chi connectivity index (χ1v) is 6.81. The number of aryl methyl sites for hydroxylation is 2. The molecule has 0 fully saturated rings. The lowest BCUT2D eigenvalue weighted by Gasteiger charge is -2.04. The zero-order chi connectivity index (χ0) is 11.9. The third-order valence-corrected chi connectivity index (χ3v) is 3.24. The zero-order valence-corrected chi connectivity index (χ0v) is 10.8. The van der Waals surface area contributed by atoms with Crippen molar-refractivity contribution in [1.82, 2.24) is 25.5 Å². The number of hydrogen-bond donors (Lipinski definition) is 1. The van der Waals surface area contributed by atoms with Gasteiger partial charge in [0.05, 0.1) is 6.54 Å². The Morgan fingerprint density at radius 1 is 1.47 bits per heavy atom.